The van der Waals surface area contributed by atoms with Gasteiger partial charge in [0.05, 0.1) is 35.5 Å². The number of anilines is 1. The van der Waals surface area contributed by atoms with Crippen LogP contribution in [0.25, 0.3) is 27.5 Å². The molecule has 0 unspecified atom stereocenters. The molecule has 1 amide bonds. The zero-order valence-electron chi connectivity index (χ0n) is 33.8. The van der Waals surface area contributed by atoms with Crippen LogP contribution >= 0.6 is 0 Å². The molecule has 6 rings (SSSR count). The molecule has 2 aliphatic rings. The molecule has 0 saturated carbocycles. The molecule has 9 atom stereocenters. The summed E-state index contributed by atoms with van der Waals surface area (Å²) in [5.74, 6) is -6.96. The molecule has 0 fully saturated rings. The lowest BCUT2D eigenvalue weighted by Crippen LogP contribution is -2.46. The Morgan fingerprint density at radius 1 is 0.982 bits per heavy atom. The number of nitrogens with zero attached hydrogens (tertiary/aromatic N) is 2. The molecule has 304 valence electrons. The van der Waals surface area contributed by atoms with E-state index in [-0.39, 0.29) is 55.7 Å². The Kier molecular flexibility index (Phi) is 11.2. The lowest BCUT2D eigenvalue weighted by atomic mass is 9.78. The number of methoxy groups -OCH3 is 1. The Morgan fingerprint density at radius 3 is 2.35 bits per heavy atom. The van der Waals surface area contributed by atoms with Crippen LogP contribution in [0.3, 0.4) is 0 Å². The molecule has 2 aromatic carbocycles. The van der Waals surface area contributed by atoms with Crippen molar-refractivity contribution in [3.8, 4) is 17.2 Å². The van der Waals surface area contributed by atoms with Gasteiger partial charge in [-0.05, 0) is 44.5 Å². The van der Waals surface area contributed by atoms with Gasteiger partial charge in [-0.15, -0.1) is 0 Å². The minimum Gasteiger partial charge on any atom is -0.507 e. The van der Waals surface area contributed by atoms with Crippen LogP contribution in [0.5, 0.6) is 17.2 Å². The fourth-order valence-electron chi connectivity index (χ4n) is 8.03. The van der Waals surface area contributed by atoms with Crippen molar-refractivity contribution in [2.45, 2.75) is 92.5 Å². The molecule has 14 heteroatoms. The third-order valence-electron chi connectivity index (χ3n) is 11.5. The Balaban J connectivity index is 1.58. The lowest BCUT2D eigenvalue weighted by molar-refractivity contribution is -0.160. The Morgan fingerprint density at radius 2 is 1.68 bits per heavy atom. The van der Waals surface area contributed by atoms with Gasteiger partial charge in [0.15, 0.2) is 5.75 Å². The molecule has 4 aromatic rings. The molecule has 2 aromatic heterocycles. The highest BCUT2D eigenvalue weighted by atomic mass is 16.7. The van der Waals surface area contributed by atoms with Gasteiger partial charge in [0.1, 0.15) is 40.0 Å². The second-order valence-electron chi connectivity index (χ2n) is 15.6. The first-order chi connectivity index (χ1) is 26.8. The summed E-state index contributed by atoms with van der Waals surface area (Å²) in [6.45, 7) is 14.7. The highest BCUT2D eigenvalue weighted by molar-refractivity contribution is 6.28. The minimum atomic E-state index is -1.96. The van der Waals surface area contributed by atoms with E-state index in [2.05, 4.69) is 5.32 Å². The Labute approximate surface area is 330 Å². The monoisotopic (exact) mass is 785 g/mol. The fraction of sp³-hybridized carbons (Fsp3) is 0.442. The SMILES string of the molecule is CO[C@@H]1/C=C/O[C@@]2(C)Oc3c(C)c(O)c4c(O)c(c5c(nc6cc(C)ccn65)c4c3C2=O)NC(=O)/C(C)=C/C=C/[C@H](C)[C@H](O)[C@@H](C)[C@@H](O)[C@@H](C)[C@H](OC(C)=O)[C@H]1C. The topological polar surface area (TPSA) is 198 Å². The average Bonchev–Trinajstić information content (AvgIpc) is 3.67. The molecule has 0 radical (unpaired) electrons. The molecule has 0 aliphatic carbocycles. The molecule has 5 N–H and O–H groups in total. The zero-order chi connectivity index (χ0) is 41.8. The molecule has 0 saturated heterocycles. The third kappa shape index (κ3) is 7.10. The summed E-state index contributed by atoms with van der Waals surface area (Å²) in [5, 5.41) is 49.4. The maximum absolute atomic E-state index is 14.6. The van der Waals surface area contributed by atoms with Crippen LogP contribution in [0.4, 0.5) is 5.69 Å². The van der Waals surface area contributed by atoms with E-state index in [0.29, 0.717) is 5.65 Å². The quantitative estimate of drug-likeness (QED) is 0.115. The number of imidazole rings is 1. The number of aromatic hydroxyl groups is 2. The summed E-state index contributed by atoms with van der Waals surface area (Å²) < 4.78 is 25.5. The van der Waals surface area contributed by atoms with Crippen LogP contribution in [0.15, 0.2) is 54.5 Å². The summed E-state index contributed by atoms with van der Waals surface area (Å²) in [6, 6.07) is 3.64. The number of hydrogen-bond donors (Lipinski definition) is 5. The highest BCUT2D eigenvalue weighted by Crippen LogP contribution is 2.54. The first-order valence-electron chi connectivity index (χ1n) is 19.0. The van der Waals surface area contributed by atoms with Crippen LogP contribution < -0.4 is 10.1 Å². The minimum absolute atomic E-state index is 0.0185. The second kappa shape index (κ2) is 15.5. The molecule has 2 aliphatic heterocycles. The van der Waals surface area contributed by atoms with Gasteiger partial charge in [-0.25, -0.2) is 4.98 Å². The van der Waals surface area contributed by atoms with E-state index < -0.39 is 77.3 Å². The van der Waals surface area contributed by atoms with E-state index in [4.69, 9.17) is 23.9 Å². The molecular weight excluding hydrogens is 734 g/mol. The van der Waals surface area contributed by atoms with E-state index in [9.17, 15) is 34.8 Å². The smallest absolute Gasteiger partial charge is 0.312 e. The van der Waals surface area contributed by atoms with E-state index in [1.54, 1.807) is 63.4 Å². The van der Waals surface area contributed by atoms with Gasteiger partial charge in [0.25, 0.3) is 11.7 Å². The number of nitrogens with one attached hydrogen (secondary N) is 1. The van der Waals surface area contributed by atoms with Crippen molar-refractivity contribution in [1.82, 2.24) is 9.38 Å². The number of fused-ring (bicyclic) bond motifs is 2. The summed E-state index contributed by atoms with van der Waals surface area (Å²) in [4.78, 5) is 45.6. The highest BCUT2D eigenvalue weighted by Gasteiger charge is 2.50. The predicted octanol–water partition coefficient (Wildman–Crippen LogP) is 6.16. The number of aromatic nitrogens is 2. The average molecular weight is 786 g/mol. The van der Waals surface area contributed by atoms with Crippen molar-refractivity contribution < 1.29 is 53.8 Å². The third-order valence-corrected chi connectivity index (χ3v) is 11.5. The number of aryl methyl sites for hydroxylation is 1. The van der Waals surface area contributed by atoms with Gasteiger partial charge < -0.3 is 44.7 Å². The van der Waals surface area contributed by atoms with E-state index in [0.717, 1.165) is 5.56 Å². The number of aliphatic hydroxyl groups is 2. The van der Waals surface area contributed by atoms with Crippen LogP contribution in [-0.2, 0) is 23.8 Å². The number of carbonyl (C=O) groups excluding carboxylic acids is 3. The summed E-state index contributed by atoms with van der Waals surface area (Å²) in [6.07, 6.45) is 5.62. The van der Waals surface area contributed by atoms with Gasteiger partial charge in [-0.1, -0.05) is 45.9 Å². The largest absolute Gasteiger partial charge is 0.507 e. The molecule has 4 bridgehead atoms. The molecular formula is C43H51N3O11. The molecule has 0 spiro atoms. The van der Waals surface area contributed by atoms with Crippen molar-refractivity contribution >= 4 is 50.8 Å². The van der Waals surface area contributed by atoms with Crippen LogP contribution in [0.1, 0.15) is 70.0 Å². The number of ether oxygens (including phenoxy) is 4. The first kappa shape index (κ1) is 41.2. The van der Waals surface area contributed by atoms with Gasteiger partial charge in [0, 0.05) is 67.3 Å². The number of aliphatic hydroxyl groups excluding tert-OH is 2. The summed E-state index contributed by atoms with van der Waals surface area (Å²) in [7, 11) is 1.46. The van der Waals surface area contributed by atoms with Crippen LogP contribution in [-0.4, -0.2) is 84.8 Å². The number of carbonyl (C=O) groups is 3. The number of esters is 1. The number of benzene rings is 2. The molecule has 4 heterocycles. The lowest BCUT2D eigenvalue weighted by Gasteiger charge is -2.38. The first-order valence-corrected chi connectivity index (χ1v) is 19.0. The maximum Gasteiger partial charge on any atom is 0.312 e. The van der Waals surface area contributed by atoms with Crippen LogP contribution in [0, 0.1) is 37.5 Å². The Hall–Kier alpha value is -5.44. The molecule has 14 nitrogen and oxygen atoms in total. The van der Waals surface area contributed by atoms with Gasteiger partial charge in [-0.2, -0.15) is 0 Å². The van der Waals surface area contributed by atoms with E-state index >= 15 is 0 Å². The van der Waals surface area contributed by atoms with Crippen molar-refractivity contribution in [3.63, 3.8) is 0 Å². The number of Topliss-reactive ketones (excluding diaryl/α,β-unsaturated/α-hetero) is 1. The number of allylic oxidation sites excluding steroid dienone is 2. The summed E-state index contributed by atoms with van der Waals surface area (Å²) >= 11 is 0. The number of phenols is 2. The Bertz CT molecular complexity index is 2380. The van der Waals surface area contributed by atoms with E-state index in [1.165, 1.54) is 40.2 Å². The maximum atomic E-state index is 14.6. The normalized spacial score (nSPS) is 30.8. The standard InChI is InChI=1S/C43H51N3O11/c1-19-14-16-46-28(18-19)44-32-29-30-37(50)25(7)40-31(29)41(52)43(9,57-40)55-17-15-27(54-10)22(4)39(56-26(8)47)24(6)36(49)23(5)35(48)20(2)12-11-13-21(3)42(53)45-33(34(32)46)38(30)51/h11-18,20,22-24,27,35-36,39,48-51H,1-10H3,(H,45,53)/b12-11+,17-15+,21-13+/t20-,22-,23+,24+,27+,35-,36+,39+,43-/m0/s1. The predicted molar refractivity (Wildman–Crippen MR) is 213 cm³/mol. The second-order valence-corrected chi connectivity index (χ2v) is 15.6. The van der Waals surface area contributed by atoms with Crippen molar-refractivity contribution in [1.29, 1.82) is 0 Å². The van der Waals surface area contributed by atoms with E-state index in [1.807, 2.05) is 19.1 Å². The zero-order valence-corrected chi connectivity index (χ0v) is 33.8. The number of amides is 1. The van der Waals surface area contributed by atoms with Gasteiger partial charge in [0.2, 0.25) is 0 Å². The number of ketones is 1. The van der Waals surface area contributed by atoms with Crippen molar-refractivity contribution in [3.05, 3.63) is 71.2 Å². The van der Waals surface area contributed by atoms with Crippen LogP contribution in [0.2, 0.25) is 0 Å². The van der Waals surface area contributed by atoms with Gasteiger partial charge in [-0.3, -0.25) is 18.8 Å². The molecule has 57 heavy (non-hydrogen) atoms. The van der Waals surface area contributed by atoms with Crippen molar-refractivity contribution in [2.24, 2.45) is 23.7 Å². The number of pyridine rings is 1. The van der Waals surface area contributed by atoms with Crippen molar-refractivity contribution in [2.75, 3.05) is 12.4 Å². The number of rotatable bonds is 2. The number of phenolic OH excluding ortho intramolecular Hbond substituents is 2. The summed E-state index contributed by atoms with van der Waals surface area (Å²) in [5.41, 5.74) is 2.18. The number of hydrogen-bond acceptors (Lipinski definition) is 12. The fourth-order valence-corrected chi connectivity index (χ4v) is 8.03. The van der Waals surface area contributed by atoms with Gasteiger partial charge >= 0.3 is 11.8 Å².